The molecule has 4 aromatic rings. The van der Waals surface area contributed by atoms with E-state index >= 15 is 0 Å². The van der Waals surface area contributed by atoms with Gasteiger partial charge in [0.15, 0.2) is 0 Å². The lowest BCUT2D eigenvalue weighted by Crippen LogP contribution is -2.43. The lowest BCUT2D eigenvalue weighted by atomic mass is 9.58. The lowest BCUT2D eigenvalue weighted by molar-refractivity contribution is -0.136. The first kappa shape index (κ1) is 26.3. The summed E-state index contributed by atoms with van der Waals surface area (Å²) in [6.07, 6.45) is 1.04. The van der Waals surface area contributed by atoms with Crippen LogP contribution in [0.4, 0.5) is 13.2 Å². The Morgan fingerprint density at radius 1 is 1.25 bits per heavy atom. The number of nitriles is 1. The highest BCUT2D eigenvalue weighted by atomic mass is 19.4. The second-order valence-corrected chi connectivity index (χ2v) is 11.4. The van der Waals surface area contributed by atoms with Gasteiger partial charge in [0.05, 0.1) is 17.0 Å². The molecule has 1 aliphatic carbocycles. The Morgan fingerprint density at radius 3 is 2.73 bits per heavy atom. The maximum Gasteiger partial charge on any atom is 0.418 e. The first-order valence-corrected chi connectivity index (χ1v) is 13.5. The van der Waals surface area contributed by atoms with Crippen LogP contribution in [0.25, 0.3) is 16.6 Å². The first-order valence-electron chi connectivity index (χ1n) is 13.5. The summed E-state index contributed by atoms with van der Waals surface area (Å²) in [5, 5.41) is 17.7. The number of aromatic amines is 1. The summed E-state index contributed by atoms with van der Waals surface area (Å²) in [5.41, 5.74) is -0.397. The molecule has 1 atom stereocenters. The third-order valence-electron chi connectivity index (χ3n) is 8.48. The predicted molar refractivity (Wildman–Crippen MR) is 143 cm³/mol. The number of piperidine rings is 1. The number of aromatic nitrogens is 5. The van der Waals surface area contributed by atoms with Crippen molar-refractivity contribution in [1.29, 1.82) is 5.26 Å². The second kappa shape index (κ2) is 9.63. The molecule has 0 amide bonds. The van der Waals surface area contributed by atoms with Gasteiger partial charge in [-0.15, -0.1) is 10.2 Å². The van der Waals surface area contributed by atoms with Gasteiger partial charge in [0.2, 0.25) is 0 Å². The van der Waals surface area contributed by atoms with E-state index < -0.39 is 22.7 Å². The summed E-state index contributed by atoms with van der Waals surface area (Å²) in [6, 6.07) is 10.7. The van der Waals surface area contributed by atoms with Crippen molar-refractivity contribution in [3.63, 3.8) is 0 Å². The normalized spacial score (nSPS) is 23.7. The van der Waals surface area contributed by atoms with Gasteiger partial charge < -0.3 is 9.55 Å². The van der Waals surface area contributed by atoms with Crippen LogP contribution in [0.15, 0.2) is 47.7 Å². The van der Waals surface area contributed by atoms with Gasteiger partial charge in [0.1, 0.15) is 17.7 Å². The summed E-state index contributed by atoms with van der Waals surface area (Å²) in [4.78, 5) is 18.9. The first-order chi connectivity index (χ1) is 19.1. The average Bonchev–Trinajstić information content (AvgIpc) is 3.50. The van der Waals surface area contributed by atoms with E-state index in [1.807, 2.05) is 13.1 Å². The standard InChI is InChI=1S/C29H30F3N7O/c1-18-5-4-8-38(14-18)15-21-10-23-24(29(30,31)32)16-39(26(40)25(23)35-21)22-7-3-6-20(9-22)28(11-19(12-28)13-33)27-36-34-17-37(27)2/h3,6-7,9-10,16-19,35H,4-5,8,11-12,14-15H2,1-2H3/t18-,19?,28?/m1/s1. The predicted octanol–water partition coefficient (Wildman–Crippen LogP) is 4.92. The Kier molecular flexibility index (Phi) is 6.33. The molecule has 0 bridgehead atoms. The molecule has 1 aromatic carbocycles. The number of H-pyrrole nitrogens is 1. The Hall–Kier alpha value is -3.91. The second-order valence-electron chi connectivity index (χ2n) is 11.4. The van der Waals surface area contributed by atoms with Crippen LogP contribution in [-0.2, 0) is 25.2 Å². The molecule has 40 heavy (non-hydrogen) atoms. The zero-order valence-electron chi connectivity index (χ0n) is 22.4. The molecule has 0 radical (unpaired) electrons. The molecule has 2 fully saturated rings. The number of fused-ring (bicyclic) bond motifs is 1. The summed E-state index contributed by atoms with van der Waals surface area (Å²) < 4.78 is 45.8. The molecule has 0 spiro atoms. The maximum absolute atomic E-state index is 14.3. The van der Waals surface area contributed by atoms with Crippen molar-refractivity contribution in [2.45, 2.75) is 50.7 Å². The van der Waals surface area contributed by atoms with Crippen molar-refractivity contribution in [3.05, 3.63) is 75.9 Å². The van der Waals surface area contributed by atoms with Gasteiger partial charge in [-0.1, -0.05) is 19.1 Å². The summed E-state index contributed by atoms with van der Waals surface area (Å²) in [6.45, 7) is 4.39. The van der Waals surface area contributed by atoms with Crippen LogP contribution in [0.3, 0.4) is 0 Å². The number of halogens is 3. The minimum Gasteiger partial charge on any atom is -0.353 e. The maximum atomic E-state index is 14.3. The van der Waals surface area contributed by atoms with Crippen molar-refractivity contribution >= 4 is 10.9 Å². The molecule has 1 saturated carbocycles. The van der Waals surface area contributed by atoms with Crippen LogP contribution in [0.2, 0.25) is 0 Å². The Morgan fingerprint density at radius 2 is 2.05 bits per heavy atom. The number of nitrogens with zero attached hydrogens (tertiary/aromatic N) is 6. The number of hydrogen-bond acceptors (Lipinski definition) is 5. The minimum absolute atomic E-state index is 0.0588. The van der Waals surface area contributed by atoms with Crippen LogP contribution >= 0.6 is 0 Å². The largest absolute Gasteiger partial charge is 0.418 e. The highest BCUT2D eigenvalue weighted by molar-refractivity contribution is 5.84. The smallest absolute Gasteiger partial charge is 0.353 e. The van der Waals surface area contributed by atoms with E-state index in [-0.39, 0.29) is 16.8 Å². The highest BCUT2D eigenvalue weighted by Gasteiger charge is 2.50. The molecule has 0 unspecified atom stereocenters. The lowest BCUT2D eigenvalue weighted by Gasteiger charge is -2.44. The monoisotopic (exact) mass is 549 g/mol. The zero-order valence-corrected chi connectivity index (χ0v) is 22.4. The Balaban J connectivity index is 1.45. The highest BCUT2D eigenvalue weighted by Crippen LogP contribution is 2.51. The van der Waals surface area contributed by atoms with Gasteiger partial charge >= 0.3 is 6.18 Å². The van der Waals surface area contributed by atoms with Crippen molar-refractivity contribution in [3.8, 4) is 11.8 Å². The molecule has 11 heteroatoms. The molecular weight excluding hydrogens is 519 g/mol. The van der Waals surface area contributed by atoms with E-state index in [0.29, 0.717) is 42.5 Å². The number of likely N-dealkylation sites (tertiary alicyclic amines) is 1. The zero-order chi connectivity index (χ0) is 28.2. The third kappa shape index (κ3) is 4.40. The van der Waals surface area contributed by atoms with Crippen molar-refractivity contribution in [1.82, 2.24) is 29.2 Å². The van der Waals surface area contributed by atoms with E-state index in [0.717, 1.165) is 42.3 Å². The van der Waals surface area contributed by atoms with Gasteiger partial charge in [0, 0.05) is 49.0 Å². The number of hydrogen-bond donors (Lipinski definition) is 1. The van der Waals surface area contributed by atoms with Gasteiger partial charge in [-0.05, 0) is 61.9 Å². The fourth-order valence-corrected chi connectivity index (χ4v) is 6.53. The van der Waals surface area contributed by atoms with Crippen LogP contribution < -0.4 is 5.56 Å². The number of aryl methyl sites for hydroxylation is 1. The summed E-state index contributed by atoms with van der Waals surface area (Å²) in [5.74, 6) is 1.03. The van der Waals surface area contributed by atoms with Crippen LogP contribution in [0.5, 0.6) is 0 Å². The van der Waals surface area contributed by atoms with Gasteiger partial charge in [-0.2, -0.15) is 18.4 Å². The van der Waals surface area contributed by atoms with Gasteiger partial charge in [-0.25, -0.2) is 0 Å². The molecule has 6 rings (SSSR count). The summed E-state index contributed by atoms with van der Waals surface area (Å²) >= 11 is 0. The molecule has 2 aliphatic rings. The SMILES string of the molecule is C[C@@H]1CCCN(Cc2cc3c(C(F)(F)F)cn(-c4cccc(C5(c6nncn6C)CC(C#N)C5)c4)c(=O)c3[nH]2)C1. The van der Waals surface area contributed by atoms with E-state index in [4.69, 9.17) is 0 Å². The molecule has 208 valence electrons. The summed E-state index contributed by atoms with van der Waals surface area (Å²) in [7, 11) is 1.82. The minimum atomic E-state index is -4.65. The number of benzene rings is 1. The van der Waals surface area contributed by atoms with Crippen molar-refractivity contribution in [2.24, 2.45) is 18.9 Å². The van der Waals surface area contributed by atoms with Crippen LogP contribution in [-0.4, -0.2) is 42.3 Å². The Labute approximate surface area is 229 Å². The fourth-order valence-electron chi connectivity index (χ4n) is 6.53. The average molecular weight is 550 g/mol. The van der Waals surface area contributed by atoms with E-state index in [9.17, 15) is 23.2 Å². The Bertz CT molecular complexity index is 1670. The molecule has 3 aromatic heterocycles. The number of pyridine rings is 1. The molecule has 1 saturated heterocycles. The van der Waals surface area contributed by atoms with Crippen molar-refractivity contribution < 1.29 is 13.2 Å². The molecule has 8 nitrogen and oxygen atoms in total. The molecule has 1 N–H and O–H groups in total. The van der Waals surface area contributed by atoms with E-state index in [2.05, 4.69) is 33.1 Å². The molecule has 4 heterocycles. The van der Waals surface area contributed by atoms with Crippen LogP contribution in [0, 0.1) is 23.2 Å². The fraction of sp³-hybridized carbons (Fsp3) is 0.448. The quantitative estimate of drug-likeness (QED) is 0.381. The van der Waals surface area contributed by atoms with Crippen LogP contribution in [0.1, 0.15) is 55.3 Å². The molecular formula is C29H30F3N7O. The van der Waals surface area contributed by atoms with E-state index in [1.165, 1.54) is 6.07 Å². The van der Waals surface area contributed by atoms with E-state index in [1.54, 1.807) is 29.1 Å². The van der Waals surface area contributed by atoms with Gasteiger partial charge in [0.25, 0.3) is 5.56 Å². The number of alkyl halides is 3. The van der Waals surface area contributed by atoms with Gasteiger partial charge in [-0.3, -0.25) is 14.3 Å². The topological polar surface area (TPSA) is 95.5 Å². The molecule has 1 aliphatic heterocycles. The number of nitrogens with one attached hydrogen (secondary N) is 1. The third-order valence-corrected chi connectivity index (χ3v) is 8.48. The van der Waals surface area contributed by atoms with Crippen molar-refractivity contribution in [2.75, 3.05) is 13.1 Å². The number of rotatable bonds is 5.